The lowest BCUT2D eigenvalue weighted by Gasteiger charge is -2.00. The van der Waals surface area contributed by atoms with Crippen LogP contribution in [-0.2, 0) is 0 Å². The SMILES string of the molecule is CC(=S)Nc1ccc(I)cn1. The van der Waals surface area contributed by atoms with Crippen molar-refractivity contribution in [1.29, 1.82) is 0 Å². The first-order chi connectivity index (χ1) is 5.18. The van der Waals surface area contributed by atoms with Crippen molar-refractivity contribution in [3.05, 3.63) is 21.9 Å². The Bertz CT molecular complexity index is 258. The molecule has 1 aromatic rings. The van der Waals surface area contributed by atoms with Gasteiger partial charge in [0.2, 0.25) is 0 Å². The van der Waals surface area contributed by atoms with Crippen LogP contribution in [0.3, 0.4) is 0 Å². The number of thiocarbonyl (C=S) groups is 1. The topological polar surface area (TPSA) is 24.9 Å². The summed E-state index contributed by atoms with van der Waals surface area (Å²) in [4.78, 5) is 4.85. The van der Waals surface area contributed by atoms with Crippen LogP contribution < -0.4 is 5.32 Å². The predicted octanol–water partition coefficient (Wildman–Crippen LogP) is 2.45. The molecule has 0 saturated heterocycles. The third-order valence-electron chi connectivity index (χ3n) is 1.03. The highest BCUT2D eigenvalue weighted by Gasteiger charge is 1.92. The zero-order valence-corrected chi connectivity index (χ0v) is 8.94. The van der Waals surface area contributed by atoms with Gasteiger partial charge in [-0.2, -0.15) is 0 Å². The Morgan fingerprint density at radius 3 is 2.82 bits per heavy atom. The lowest BCUT2D eigenvalue weighted by atomic mass is 10.4. The van der Waals surface area contributed by atoms with Gasteiger partial charge in [-0.3, -0.25) is 0 Å². The van der Waals surface area contributed by atoms with Crippen LogP contribution in [0.5, 0.6) is 0 Å². The molecule has 4 heteroatoms. The summed E-state index contributed by atoms with van der Waals surface area (Å²) in [5.74, 6) is 0.804. The second kappa shape index (κ2) is 3.96. The number of hydrogen-bond donors (Lipinski definition) is 1. The van der Waals surface area contributed by atoms with Crippen molar-refractivity contribution in [2.24, 2.45) is 0 Å². The zero-order valence-electron chi connectivity index (χ0n) is 5.97. The molecule has 0 saturated carbocycles. The molecule has 0 aliphatic carbocycles. The second-order valence-corrected chi connectivity index (χ2v) is 3.90. The maximum Gasteiger partial charge on any atom is 0.130 e. The highest BCUT2D eigenvalue weighted by Crippen LogP contribution is 2.06. The summed E-state index contributed by atoms with van der Waals surface area (Å²) >= 11 is 7.06. The quantitative estimate of drug-likeness (QED) is 0.631. The summed E-state index contributed by atoms with van der Waals surface area (Å²) in [6.07, 6.45) is 1.79. The van der Waals surface area contributed by atoms with E-state index < -0.39 is 0 Å². The fourth-order valence-corrected chi connectivity index (χ4v) is 1.05. The molecule has 0 amide bonds. The van der Waals surface area contributed by atoms with Crippen LogP contribution in [0, 0.1) is 3.57 Å². The van der Waals surface area contributed by atoms with E-state index in [2.05, 4.69) is 32.9 Å². The van der Waals surface area contributed by atoms with E-state index in [1.807, 2.05) is 19.1 Å². The molecular formula is C7H7IN2S. The van der Waals surface area contributed by atoms with Gasteiger partial charge < -0.3 is 5.32 Å². The third-order valence-corrected chi connectivity index (χ3v) is 1.77. The Hall–Kier alpha value is -0.230. The van der Waals surface area contributed by atoms with Crippen molar-refractivity contribution in [2.75, 3.05) is 5.32 Å². The molecule has 0 spiro atoms. The molecule has 58 valence electrons. The molecule has 1 heterocycles. The Morgan fingerprint density at radius 1 is 1.64 bits per heavy atom. The first-order valence-electron chi connectivity index (χ1n) is 3.07. The van der Waals surface area contributed by atoms with E-state index in [0.717, 1.165) is 14.4 Å². The molecule has 1 aromatic heterocycles. The molecule has 0 unspecified atom stereocenters. The Balaban J connectivity index is 2.74. The van der Waals surface area contributed by atoms with Gasteiger partial charge >= 0.3 is 0 Å². The van der Waals surface area contributed by atoms with Crippen LogP contribution in [0.15, 0.2) is 18.3 Å². The van der Waals surface area contributed by atoms with Crippen LogP contribution in [-0.4, -0.2) is 9.97 Å². The van der Waals surface area contributed by atoms with Gasteiger partial charge in [-0.05, 0) is 41.6 Å². The fraction of sp³-hybridized carbons (Fsp3) is 0.143. The molecule has 2 nitrogen and oxygen atoms in total. The van der Waals surface area contributed by atoms with E-state index in [9.17, 15) is 0 Å². The summed E-state index contributed by atoms with van der Waals surface area (Å²) in [6, 6.07) is 3.88. The minimum Gasteiger partial charge on any atom is -0.335 e. The highest BCUT2D eigenvalue weighted by atomic mass is 127. The number of hydrogen-bond acceptors (Lipinski definition) is 2. The summed E-state index contributed by atoms with van der Waals surface area (Å²) < 4.78 is 1.12. The molecule has 1 rings (SSSR count). The van der Waals surface area contributed by atoms with Crippen molar-refractivity contribution in [3.63, 3.8) is 0 Å². The number of anilines is 1. The maximum atomic E-state index is 4.86. The largest absolute Gasteiger partial charge is 0.335 e. The van der Waals surface area contributed by atoms with Crippen LogP contribution >= 0.6 is 34.8 Å². The summed E-state index contributed by atoms with van der Waals surface area (Å²) in [5.41, 5.74) is 0. The van der Waals surface area contributed by atoms with Gasteiger partial charge in [-0.1, -0.05) is 12.2 Å². The van der Waals surface area contributed by atoms with Gasteiger partial charge in [-0.15, -0.1) is 0 Å². The Kier molecular flexibility index (Phi) is 3.19. The molecule has 11 heavy (non-hydrogen) atoms. The lowest BCUT2D eigenvalue weighted by Crippen LogP contribution is -2.04. The van der Waals surface area contributed by atoms with Crippen LogP contribution in [0.25, 0.3) is 0 Å². The van der Waals surface area contributed by atoms with Gasteiger partial charge in [0, 0.05) is 9.77 Å². The van der Waals surface area contributed by atoms with Crippen LogP contribution in [0.4, 0.5) is 5.82 Å². The molecular weight excluding hydrogens is 271 g/mol. The lowest BCUT2D eigenvalue weighted by molar-refractivity contribution is 1.30. The first kappa shape index (κ1) is 8.86. The summed E-state index contributed by atoms with van der Waals surface area (Å²) in [5, 5.41) is 2.95. The van der Waals surface area contributed by atoms with Crippen molar-refractivity contribution < 1.29 is 0 Å². The molecule has 0 aliphatic heterocycles. The normalized spacial score (nSPS) is 9.27. The third kappa shape index (κ3) is 3.11. The molecule has 0 aromatic carbocycles. The van der Waals surface area contributed by atoms with Crippen LogP contribution in [0.2, 0.25) is 0 Å². The van der Waals surface area contributed by atoms with Gasteiger partial charge in [0.05, 0.1) is 4.99 Å². The number of pyridine rings is 1. The highest BCUT2D eigenvalue weighted by molar-refractivity contribution is 14.1. The van der Waals surface area contributed by atoms with E-state index >= 15 is 0 Å². The summed E-state index contributed by atoms with van der Waals surface area (Å²) in [7, 11) is 0. The van der Waals surface area contributed by atoms with Crippen molar-refractivity contribution in [2.45, 2.75) is 6.92 Å². The van der Waals surface area contributed by atoms with E-state index in [1.165, 1.54) is 0 Å². The Morgan fingerprint density at radius 2 is 2.36 bits per heavy atom. The number of nitrogens with one attached hydrogen (secondary N) is 1. The van der Waals surface area contributed by atoms with Crippen molar-refractivity contribution in [1.82, 2.24) is 4.98 Å². The van der Waals surface area contributed by atoms with E-state index in [0.29, 0.717) is 0 Å². The zero-order chi connectivity index (χ0) is 8.27. The van der Waals surface area contributed by atoms with E-state index in [-0.39, 0.29) is 0 Å². The molecule has 0 radical (unpaired) electrons. The molecule has 0 aliphatic rings. The van der Waals surface area contributed by atoms with E-state index in [4.69, 9.17) is 12.2 Å². The van der Waals surface area contributed by atoms with E-state index in [1.54, 1.807) is 6.20 Å². The summed E-state index contributed by atoms with van der Waals surface area (Å²) in [6.45, 7) is 1.83. The minimum atomic E-state index is 0.735. The molecule has 0 bridgehead atoms. The van der Waals surface area contributed by atoms with Gasteiger partial charge in [0.25, 0.3) is 0 Å². The van der Waals surface area contributed by atoms with Crippen molar-refractivity contribution >= 4 is 45.6 Å². The number of halogens is 1. The molecule has 0 fully saturated rings. The molecule has 0 atom stereocenters. The van der Waals surface area contributed by atoms with Crippen molar-refractivity contribution in [3.8, 4) is 0 Å². The minimum absolute atomic E-state index is 0.735. The van der Waals surface area contributed by atoms with Gasteiger partial charge in [0.15, 0.2) is 0 Å². The fourth-order valence-electron chi connectivity index (χ4n) is 0.630. The number of nitrogens with zero attached hydrogens (tertiary/aromatic N) is 1. The second-order valence-electron chi connectivity index (χ2n) is 2.04. The predicted molar refractivity (Wildman–Crippen MR) is 58.8 cm³/mol. The molecule has 1 N–H and O–H groups in total. The average molecular weight is 278 g/mol. The van der Waals surface area contributed by atoms with Gasteiger partial charge in [-0.25, -0.2) is 4.98 Å². The monoisotopic (exact) mass is 278 g/mol. The Labute approximate surface area is 84.6 Å². The first-order valence-corrected chi connectivity index (χ1v) is 4.56. The van der Waals surface area contributed by atoms with Crippen LogP contribution in [0.1, 0.15) is 6.92 Å². The number of rotatable bonds is 1. The standard InChI is InChI=1S/C7H7IN2S/c1-5(11)10-7-3-2-6(8)4-9-7/h2-4H,1H3,(H,9,10,11). The maximum absolute atomic E-state index is 4.86. The van der Waals surface area contributed by atoms with Gasteiger partial charge in [0.1, 0.15) is 5.82 Å². The average Bonchev–Trinajstić information content (AvgIpc) is 1.93. The number of aromatic nitrogens is 1. The smallest absolute Gasteiger partial charge is 0.130 e.